The molecule has 0 saturated heterocycles. The summed E-state index contributed by atoms with van der Waals surface area (Å²) in [5.41, 5.74) is 1.56. The summed E-state index contributed by atoms with van der Waals surface area (Å²) >= 11 is 0. The van der Waals surface area contributed by atoms with Crippen LogP contribution in [0, 0.1) is 17.8 Å². The lowest BCUT2D eigenvalue weighted by molar-refractivity contribution is 0.112. The molecule has 0 radical (unpaired) electrons. The minimum Gasteiger partial charge on any atom is -0.298 e. The zero-order valence-corrected chi connectivity index (χ0v) is 9.41. The molecular weight excluding hydrogens is 196 g/mol. The fraction of sp³-hybridized carbons (Fsp3) is 0.400. The molecule has 0 aromatic heterocycles. The van der Waals surface area contributed by atoms with Crippen LogP contribution in [0.2, 0.25) is 0 Å². The predicted octanol–water partition coefficient (Wildman–Crippen LogP) is 3.43. The number of hydrogen-bond acceptors (Lipinski definition) is 1. The van der Waals surface area contributed by atoms with Gasteiger partial charge in [-0.2, -0.15) is 0 Å². The van der Waals surface area contributed by atoms with E-state index < -0.39 is 0 Å². The zero-order valence-electron chi connectivity index (χ0n) is 9.41. The third kappa shape index (κ3) is 2.73. The highest BCUT2D eigenvalue weighted by atomic mass is 16.1. The van der Waals surface area contributed by atoms with Crippen LogP contribution in [0.5, 0.6) is 0 Å². The number of carbonyl (C=O) groups is 1. The third-order valence-corrected chi connectivity index (χ3v) is 3.10. The molecule has 1 aliphatic rings. The second kappa shape index (κ2) is 5.51. The van der Waals surface area contributed by atoms with Crippen molar-refractivity contribution < 1.29 is 4.79 Å². The van der Waals surface area contributed by atoms with Crippen LogP contribution in [0.25, 0.3) is 0 Å². The van der Waals surface area contributed by atoms with Gasteiger partial charge in [-0.3, -0.25) is 4.79 Å². The van der Waals surface area contributed by atoms with E-state index in [0.717, 1.165) is 11.8 Å². The van der Waals surface area contributed by atoms with E-state index in [1.807, 2.05) is 24.3 Å². The summed E-state index contributed by atoms with van der Waals surface area (Å²) in [6.45, 7) is 0. The van der Waals surface area contributed by atoms with Crippen molar-refractivity contribution in [1.29, 1.82) is 0 Å². The summed E-state index contributed by atoms with van der Waals surface area (Å²) in [6.07, 6.45) is 7.27. The topological polar surface area (TPSA) is 17.1 Å². The lowest BCUT2D eigenvalue weighted by Crippen LogP contribution is -2.03. The maximum atomic E-state index is 10.8. The summed E-state index contributed by atoms with van der Waals surface area (Å²) < 4.78 is 0. The number of hydrogen-bond donors (Lipinski definition) is 0. The molecule has 0 aliphatic heterocycles. The standard InChI is InChI=1S/C15H16O/c16-12-15-9-5-4-8-14(15)11-10-13-6-2-1-3-7-13/h4-5,8-9,12-13H,1-3,6-7H2. The summed E-state index contributed by atoms with van der Waals surface area (Å²) in [5.74, 6) is 6.99. The highest BCUT2D eigenvalue weighted by molar-refractivity contribution is 5.79. The molecule has 0 heterocycles. The quantitative estimate of drug-likeness (QED) is 0.515. The van der Waals surface area contributed by atoms with Crippen molar-refractivity contribution in [3.63, 3.8) is 0 Å². The zero-order chi connectivity index (χ0) is 11.2. The molecule has 1 heteroatoms. The number of benzene rings is 1. The van der Waals surface area contributed by atoms with Gasteiger partial charge in [-0.25, -0.2) is 0 Å². The largest absolute Gasteiger partial charge is 0.298 e. The van der Waals surface area contributed by atoms with Crippen LogP contribution in [0.1, 0.15) is 48.0 Å². The van der Waals surface area contributed by atoms with Crippen LogP contribution >= 0.6 is 0 Å². The monoisotopic (exact) mass is 212 g/mol. The van der Waals surface area contributed by atoms with Gasteiger partial charge in [0.1, 0.15) is 0 Å². The molecule has 1 aromatic rings. The Kier molecular flexibility index (Phi) is 3.77. The lowest BCUT2D eigenvalue weighted by atomic mass is 9.89. The third-order valence-electron chi connectivity index (χ3n) is 3.10. The summed E-state index contributed by atoms with van der Waals surface area (Å²) in [6, 6.07) is 7.53. The Morgan fingerprint density at radius 2 is 1.88 bits per heavy atom. The minimum absolute atomic E-state index is 0.536. The first kappa shape index (κ1) is 11.0. The second-order valence-electron chi connectivity index (χ2n) is 4.31. The van der Waals surface area contributed by atoms with Crippen molar-refractivity contribution in [2.24, 2.45) is 5.92 Å². The Morgan fingerprint density at radius 1 is 1.12 bits per heavy atom. The Bertz CT molecular complexity index is 417. The molecule has 16 heavy (non-hydrogen) atoms. The molecule has 82 valence electrons. The SMILES string of the molecule is O=Cc1ccccc1C#CC1CCCCC1. The molecule has 0 N–H and O–H groups in total. The Hall–Kier alpha value is -1.55. The molecule has 1 aliphatic carbocycles. The first-order valence-corrected chi connectivity index (χ1v) is 5.96. The fourth-order valence-corrected chi connectivity index (χ4v) is 2.14. The summed E-state index contributed by atoms with van der Waals surface area (Å²) in [7, 11) is 0. The van der Waals surface area contributed by atoms with Crippen LogP contribution in [-0.4, -0.2) is 6.29 Å². The Labute approximate surface area is 96.9 Å². The highest BCUT2D eigenvalue weighted by Crippen LogP contribution is 2.22. The van der Waals surface area contributed by atoms with Gasteiger partial charge in [0.2, 0.25) is 0 Å². The smallest absolute Gasteiger partial charge is 0.151 e. The summed E-state index contributed by atoms with van der Waals surface area (Å²) in [4.78, 5) is 10.8. The van der Waals surface area contributed by atoms with E-state index in [1.54, 1.807) is 0 Å². The number of aldehydes is 1. The van der Waals surface area contributed by atoms with E-state index in [1.165, 1.54) is 32.1 Å². The van der Waals surface area contributed by atoms with E-state index in [2.05, 4.69) is 11.8 Å². The molecule has 0 atom stereocenters. The van der Waals surface area contributed by atoms with E-state index in [0.29, 0.717) is 11.5 Å². The fourth-order valence-electron chi connectivity index (χ4n) is 2.14. The molecule has 0 unspecified atom stereocenters. The Morgan fingerprint density at radius 3 is 2.62 bits per heavy atom. The molecule has 1 saturated carbocycles. The van der Waals surface area contributed by atoms with Gasteiger partial charge in [-0.15, -0.1) is 0 Å². The highest BCUT2D eigenvalue weighted by Gasteiger charge is 2.09. The van der Waals surface area contributed by atoms with Gasteiger partial charge in [-0.1, -0.05) is 49.3 Å². The van der Waals surface area contributed by atoms with E-state index in [4.69, 9.17) is 0 Å². The lowest BCUT2D eigenvalue weighted by Gasteiger charge is -2.15. The molecular formula is C15H16O. The summed E-state index contributed by atoms with van der Waals surface area (Å²) in [5, 5.41) is 0. The van der Waals surface area contributed by atoms with Crippen molar-refractivity contribution in [3.05, 3.63) is 35.4 Å². The Balaban J connectivity index is 2.13. The van der Waals surface area contributed by atoms with Gasteiger partial charge >= 0.3 is 0 Å². The van der Waals surface area contributed by atoms with Gasteiger partial charge in [0, 0.05) is 17.0 Å². The number of carbonyl (C=O) groups excluding carboxylic acids is 1. The van der Waals surface area contributed by atoms with Crippen LogP contribution < -0.4 is 0 Å². The molecule has 1 nitrogen and oxygen atoms in total. The second-order valence-corrected chi connectivity index (χ2v) is 4.31. The van der Waals surface area contributed by atoms with E-state index in [9.17, 15) is 4.79 Å². The van der Waals surface area contributed by atoms with Crippen molar-refractivity contribution in [3.8, 4) is 11.8 Å². The normalized spacial score (nSPS) is 16.2. The van der Waals surface area contributed by atoms with Crippen molar-refractivity contribution in [2.75, 3.05) is 0 Å². The van der Waals surface area contributed by atoms with E-state index in [-0.39, 0.29) is 0 Å². The van der Waals surface area contributed by atoms with E-state index >= 15 is 0 Å². The number of rotatable bonds is 1. The van der Waals surface area contributed by atoms with Crippen molar-refractivity contribution in [1.82, 2.24) is 0 Å². The molecule has 2 rings (SSSR count). The van der Waals surface area contributed by atoms with Crippen LogP contribution in [0.4, 0.5) is 0 Å². The van der Waals surface area contributed by atoms with Gasteiger partial charge in [0.05, 0.1) is 0 Å². The molecule has 0 spiro atoms. The molecule has 0 bridgehead atoms. The van der Waals surface area contributed by atoms with Crippen molar-refractivity contribution in [2.45, 2.75) is 32.1 Å². The van der Waals surface area contributed by atoms with Gasteiger partial charge in [-0.05, 0) is 18.9 Å². The molecule has 1 aromatic carbocycles. The average molecular weight is 212 g/mol. The minimum atomic E-state index is 0.536. The first-order chi connectivity index (χ1) is 7.90. The molecule has 0 amide bonds. The van der Waals surface area contributed by atoms with Gasteiger partial charge in [0.15, 0.2) is 6.29 Å². The van der Waals surface area contributed by atoms with Gasteiger partial charge in [0.25, 0.3) is 0 Å². The van der Waals surface area contributed by atoms with Gasteiger partial charge < -0.3 is 0 Å². The van der Waals surface area contributed by atoms with Crippen LogP contribution in [0.3, 0.4) is 0 Å². The predicted molar refractivity (Wildman–Crippen MR) is 65.3 cm³/mol. The first-order valence-electron chi connectivity index (χ1n) is 5.96. The van der Waals surface area contributed by atoms with Crippen molar-refractivity contribution >= 4 is 6.29 Å². The maximum absolute atomic E-state index is 10.8. The van der Waals surface area contributed by atoms with Crippen LogP contribution in [-0.2, 0) is 0 Å². The van der Waals surface area contributed by atoms with Crippen LogP contribution in [0.15, 0.2) is 24.3 Å². The maximum Gasteiger partial charge on any atom is 0.151 e. The molecule has 1 fully saturated rings. The average Bonchev–Trinajstić information content (AvgIpc) is 2.38.